The topological polar surface area (TPSA) is 92.8 Å². The van der Waals surface area contributed by atoms with Gasteiger partial charge in [-0.25, -0.2) is 13.2 Å². The Morgan fingerprint density at radius 1 is 1.12 bits per heavy atom. The number of para-hydroxylation sites is 2. The maximum absolute atomic E-state index is 13.0. The largest absolute Gasteiger partial charge is 0.419 e. The van der Waals surface area contributed by atoms with Crippen LogP contribution in [-0.2, 0) is 27.8 Å². The number of benzene rings is 2. The number of amides is 1. The number of rotatable bonds is 7. The molecule has 0 saturated carbocycles. The first-order valence-corrected chi connectivity index (χ1v) is 12.3. The number of hydrogen-bond donors (Lipinski definition) is 0. The van der Waals surface area contributed by atoms with Crippen LogP contribution in [0.1, 0.15) is 32.3 Å². The van der Waals surface area contributed by atoms with Gasteiger partial charge in [-0.3, -0.25) is 9.36 Å². The van der Waals surface area contributed by atoms with Gasteiger partial charge in [0.15, 0.2) is 5.58 Å². The van der Waals surface area contributed by atoms with Gasteiger partial charge in [0, 0.05) is 38.3 Å². The maximum atomic E-state index is 13.0. The lowest BCUT2D eigenvalue weighted by Gasteiger charge is -2.30. The Balaban J connectivity index is 1.56. The molecule has 0 N–H and O–H groups in total. The highest BCUT2D eigenvalue weighted by atomic mass is 32.2. The molecule has 1 aromatic heterocycles. The molecule has 8 nitrogen and oxygen atoms in total. The summed E-state index contributed by atoms with van der Waals surface area (Å²) in [6.45, 7) is 5.22. The van der Waals surface area contributed by atoms with E-state index >= 15 is 0 Å². The smallest absolute Gasteiger partial charge is 0.408 e. The van der Waals surface area contributed by atoms with Crippen LogP contribution in [0.3, 0.4) is 0 Å². The van der Waals surface area contributed by atoms with Crippen molar-refractivity contribution in [1.29, 1.82) is 0 Å². The van der Waals surface area contributed by atoms with Gasteiger partial charge < -0.3 is 9.32 Å². The molecule has 0 spiro atoms. The number of sulfonamides is 1. The highest BCUT2D eigenvalue weighted by molar-refractivity contribution is 7.89. The summed E-state index contributed by atoms with van der Waals surface area (Å²) in [7, 11) is -3.56. The van der Waals surface area contributed by atoms with Crippen LogP contribution in [0.4, 0.5) is 5.69 Å². The Hall–Kier alpha value is -2.91. The lowest BCUT2D eigenvalue weighted by Crippen LogP contribution is -2.36. The fraction of sp³-hybridized carbons (Fsp3) is 0.391. The van der Waals surface area contributed by atoms with Gasteiger partial charge in [0.2, 0.25) is 15.9 Å². The molecule has 0 saturated heterocycles. The summed E-state index contributed by atoms with van der Waals surface area (Å²) in [5.74, 6) is -0.591. The molecule has 170 valence electrons. The predicted octanol–water partition coefficient (Wildman–Crippen LogP) is 2.99. The third kappa shape index (κ3) is 3.98. The molecule has 0 radical (unpaired) electrons. The number of carbonyl (C=O) groups excluding carboxylic acids is 1. The number of carbonyl (C=O) groups is 1. The molecule has 0 aliphatic carbocycles. The van der Waals surface area contributed by atoms with Crippen molar-refractivity contribution in [3.8, 4) is 0 Å². The Labute approximate surface area is 187 Å². The molecule has 1 aliphatic rings. The minimum Gasteiger partial charge on any atom is -0.408 e. The van der Waals surface area contributed by atoms with E-state index < -0.39 is 15.8 Å². The quantitative estimate of drug-likeness (QED) is 0.544. The monoisotopic (exact) mass is 457 g/mol. The summed E-state index contributed by atoms with van der Waals surface area (Å²) >= 11 is 0. The van der Waals surface area contributed by atoms with Gasteiger partial charge in [-0.2, -0.15) is 4.31 Å². The number of nitrogens with zero attached hydrogens (tertiary/aromatic N) is 3. The average molecular weight is 458 g/mol. The first-order valence-electron chi connectivity index (χ1n) is 10.9. The lowest BCUT2D eigenvalue weighted by molar-refractivity contribution is -0.118. The fourth-order valence-electron chi connectivity index (χ4n) is 4.27. The van der Waals surface area contributed by atoms with Gasteiger partial charge in [0.1, 0.15) is 0 Å². The fourth-order valence-corrected chi connectivity index (χ4v) is 5.78. The van der Waals surface area contributed by atoms with Crippen LogP contribution < -0.4 is 10.7 Å². The Bertz CT molecular complexity index is 1300. The van der Waals surface area contributed by atoms with Crippen molar-refractivity contribution in [2.75, 3.05) is 24.5 Å². The van der Waals surface area contributed by atoms with Crippen molar-refractivity contribution < 1.29 is 17.6 Å². The van der Waals surface area contributed by atoms with E-state index in [0.717, 1.165) is 17.7 Å². The summed E-state index contributed by atoms with van der Waals surface area (Å²) in [6, 6.07) is 12.1. The number of aromatic nitrogens is 1. The van der Waals surface area contributed by atoms with Crippen molar-refractivity contribution in [2.45, 2.75) is 44.6 Å². The lowest BCUT2D eigenvalue weighted by atomic mass is 10.0. The Kier molecular flexibility index (Phi) is 6.21. The molecule has 0 unspecified atom stereocenters. The van der Waals surface area contributed by atoms with Gasteiger partial charge in [0.05, 0.1) is 10.4 Å². The van der Waals surface area contributed by atoms with Gasteiger partial charge in [-0.15, -0.1) is 0 Å². The second-order valence-corrected chi connectivity index (χ2v) is 9.70. The van der Waals surface area contributed by atoms with Crippen molar-refractivity contribution in [1.82, 2.24) is 8.87 Å². The molecule has 1 aliphatic heterocycles. The molecule has 32 heavy (non-hydrogen) atoms. The van der Waals surface area contributed by atoms with E-state index in [0.29, 0.717) is 37.2 Å². The molecule has 3 aromatic rings. The van der Waals surface area contributed by atoms with E-state index in [1.54, 1.807) is 41.3 Å². The standard InChI is InChI=1S/C23H27N3O5S/c1-3-24(4-2)32(29,30)18-11-12-19-17(16-18)8-7-14-25(19)22(27)13-15-26-20-9-5-6-10-21(20)31-23(26)28/h5-6,9-12,16H,3-4,7-8,13-15H2,1-2H3. The van der Waals surface area contributed by atoms with Crippen LogP contribution in [0.5, 0.6) is 0 Å². The van der Waals surface area contributed by atoms with Crippen LogP contribution in [0.2, 0.25) is 0 Å². The number of oxazole rings is 1. The zero-order valence-corrected chi connectivity index (χ0v) is 19.1. The highest BCUT2D eigenvalue weighted by Crippen LogP contribution is 2.31. The summed E-state index contributed by atoms with van der Waals surface area (Å²) in [6.07, 6.45) is 1.61. The van der Waals surface area contributed by atoms with Crippen molar-refractivity contribution in [2.24, 2.45) is 0 Å². The third-order valence-electron chi connectivity index (χ3n) is 5.94. The average Bonchev–Trinajstić information content (AvgIpc) is 3.12. The van der Waals surface area contributed by atoms with E-state index in [1.165, 1.54) is 8.87 Å². The van der Waals surface area contributed by atoms with E-state index in [2.05, 4.69) is 0 Å². The molecule has 4 rings (SSSR count). The molecule has 9 heteroatoms. The molecule has 2 heterocycles. The molecular weight excluding hydrogens is 430 g/mol. The van der Waals surface area contributed by atoms with Crippen LogP contribution >= 0.6 is 0 Å². The minimum atomic E-state index is -3.56. The van der Waals surface area contributed by atoms with Crippen LogP contribution in [-0.4, -0.2) is 42.8 Å². The summed E-state index contributed by atoms with van der Waals surface area (Å²) < 4.78 is 33.9. The zero-order chi connectivity index (χ0) is 22.9. The third-order valence-corrected chi connectivity index (χ3v) is 7.98. The van der Waals surface area contributed by atoms with E-state index in [1.807, 2.05) is 19.9 Å². The number of aryl methyl sites for hydroxylation is 2. The molecule has 0 atom stereocenters. The van der Waals surface area contributed by atoms with E-state index in [9.17, 15) is 18.0 Å². The minimum absolute atomic E-state index is 0.109. The van der Waals surface area contributed by atoms with Gasteiger partial charge >= 0.3 is 5.76 Å². The molecule has 1 amide bonds. The maximum Gasteiger partial charge on any atom is 0.419 e. The summed E-state index contributed by atoms with van der Waals surface area (Å²) in [4.78, 5) is 27.2. The first-order chi connectivity index (χ1) is 15.4. The van der Waals surface area contributed by atoms with Crippen molar-refractivity contribution >= 4 is 32.7 Å². The number of fused-ring (bicyclic) bond motifs is 2. The first kappa shape index (κ1) is 22.3. The van der Waals surface area contributed by atoms with Gasteiger partial charge in [-0.1, -0.05) is 26.0 Å². The van der Waals surface area contributed by atoms with E-state index in [-0.39, 0.29) is 23.8 Å². The van der Waals surface area contributed by atoms with Gasteiger partial charge in [0.25, 0.3) is 0 Å². The SMILES string of the molecule is CCN(CC)S(=O)(=O)c1ccc2c(c1)CCCN2C(=O)CCn1c(=O)oc2ccccc21. The van der Waals surface area contributed by atoms with Gasteiger partial charge in [-0.05, 0) is 48.7 Å². The van der Waals surface area contributed by atoms with Crippen LogP contribution in [0.15, 0.2) is 56.6 Å². The Morgan fingerprint density at radius 3 is 2.62 bits per heavy atom. The molecule has 0 bridgehead atoms. The zero-order valence-electron chi connectivity index (χ0n) is 18.3. The second-order valence-electron chi connectivity index (χ2n) is 7.77. The number of hydrogen-bond acceptors (Lipinski definition) is 5. The van der Waals surface area contributed by atoms with E-state index in [4.69, 9.17) is 4.42 Å². The number of anilines is 1. The Morgan fingerprint density at radius 2 is 1.88 bits per heavy atom. The predicted molar refractivity (Wildman–Crippen MR) is 122 cm³/mol. The molecule has 2 aromatic carbocycles. The summed E-state index contributed by atoms with van der Waals surface area (Å²) in [5.41, 5.74) is 2.75. The van der Waals surface area contributed by atoms with Crippen molar-refractivity contribution in [3.63, 3.8) is 0 Å². The summed E-state index contributed by atoms with van der Waals surface area (Å²) in [5, 5.41) is 0. The molecular formula is C23H27N3O5S. The van der Waals surface area contributed by atoms with Crippen LogP contribution in [0, 0.1) is 0 Å². The van der Waals surface area contributed by atoms with Crippen molar-refractivity contribution in [3.05, 3.63) is 58.6 Å². The second kappa shape index (κ2) is 8.91. The molecule has 0 fully saturated rings. The normalized spacial score (nSPS) is 14.2. The van der Waals surface area contributed by atoms with Crippen LogP contribution in [0.25, 0.3) is 11.1 Å². The highest BCUT2D eigenvalue weighted by Gasteiger charge is 2.27.